The molecule has 0 amide bonds. The van der Waals surface area contributed by atoms with Crippen molar-refractivity contribution in [3.05, 3.63) is 65.4 Å². The number of esters is 2. The van der Waals surface area contributed by atoms with Crippen LogP contribution in [-0.2, 0) is 20.9 Å². The summed E-state index contributed by atoms with van der Waals surface area (Å²) in [6, 6.07) is 14.4. The molecular weight excluding hydrogens is 374 g/mol. The number of aromatic nitrogens is 1. The van der Waals surface area contributed by atoms with Crippen molar-refractivity contribution in [2.45, 2.75) is 13.5 Å². The van der Waals surface area contributed by atoms with Gasteiger partial charge in [-0.15, -0.1) is 0 Å². The molecule has 2 aromatic carbocycles. The van der Waals surface area contributed by atoms with Gasteiger partial charge in [-0.05, 0) is 30.7 Å². The Bertz CT molecular complexity index is 1050. The van der Waals surface area contributed by atoms with Gasteiger partial charge in [0.2, 0.25) is 0 Å². The highest BCUT2D eigenvalue weighted by atomic mass is 16.6. The predicted octanol–water partition coefficient (Wildman–Crippen LogP) is 3.46. The maximum absolute atomic E-state index is 12.3. The van der Waals surface area contributed by atoms with E-state index in [-0.39, 0.29) is 13.2 Å². The predicted molar refractivity (Wildman–Crippen MR) is 106 cm³/mol. The van der Waals surface area contributed by atoms with E-state index in [0.717, 1.165) is 10.9 Å². The molecule has 0 radical (unpaired) electrons. The number of rotatable bonds is 7. The third kappa shape index (κ3) is 4.45. The summed E-state index contributed by atoms with van der Waals surface area (Å²) in [7, 11) is 2.82. The summed E-state index contributed by atoms with van der Waals surface area (Å²) in [5.74, 6) is -0.182. The summed E-state index contributed by atoms with van der Waals surface area (Å²) in [6.45, 7) is 1.33. The molecule has 1 heterocycles. The molecule has 3 rings (SSSR count). The van der Waals surface area contributed by atoms with E-state index in [4.69, 9.17) is 18.9 Å². The van der Waals surface area contributed by atoms with Crippen molar-refractivity contribution in [1.82, 2.24) is 4.98 Å². The van der Waals surface area contributed by atoms with Crippen LogP contribution in [0, 0.1) is 6.92 Å². The van der Waals surface area contributed by atoms with E-state index in [1.165, 1.54) is 14.2 Å². The van der Waals surface area contributed by atoms with Crippen molar-refractivity contribution in [1.29, 1.82) is 0 Å². The van der Waals surface area contributed by atoms with Crippen molar-refractivity contribution < 1.29 is 28.5 Å². The summed E-state index contributed by atoms with van der Waals surface area (Å²) >= 11 is 0. The lowest BCUT2D eigenvalue weighted by Gasteiger charge is -2.14. The zero-order chi connectivity index (χ0) is 20.8. The Balaban J connectivity index is 1.75. The number of carbonyl (C=O) groups excluding carboxylic acids is 2. The van der Waals surface area contributed by atoms with Crippen molar-refractivity contribution in [2.75, 3.05) is 20.8 Å². The van der Waals surface area contributed by atoms with Gasteiger partial charge in [0.1, 0.15) is 6.61 Å². The standard InChI is InChI=1S/C22H21NO6/c1-14-15-8-4-5-9-16(15)23-17(21(14)22(25)27-3)12-29-20(24)13-28-19-11-7-6-10-18(19)26-2/h4-11H,12-13H2,1-3H3. The first kappa shape index (κ1) is 20.1. The Labute approximate surface area is 168 Å². The van der Waals surface area contributed by atoms with Crippen LogP contribution in [0.4, 0.5) is 0 Å². The third-order valence-electron chi connectivity index (χ3n) is 4.40. The molecule has 1 aromatic heterocycles. The second-order valence-corrected chi connectivity index (χ2v) is 6.17. The van der Waals surface area contributed by atoms with Crippen LogP contribution in [0.2, 0.25) is 0 Å². The maximum Gasteiger partial charge on any atom is 0.344 e. The zero-order valence-corrected chi connectivity index (χ0v) is 16.4. The summed E-state index contributed by atoms with van der Waals surface area (Å²) in [4.78, 5) is 28.9. The van der Waals surface area contributed by atoms with Gasteiger partial charge in [0.25, 0.3) is 0 Å². The largest absolute Gasteiger partial charge is 0.493 e. The number of carbonyl (C=O) groups is 2. The van der Waals surface area contributed by atoms with Gasteiger partial charge in [0, 0.05) is 5.39 Å². The molecule has 0 N–H and O–H groups in total. The Morgan fingerprint density at radius 2 is 1.66 bits per heavy atom. The summed E-state index contributed by atoms with van der Waals surface area (Å²) in [5.41, 5.74) is 2.05. The number of methoxy groups -OCH3 is 2. The van der Waals surface area contributed by atoms with Gasteiger partial charge in [-0.25, -0.2) is 14.6 Å². The van der Waals surface area contributed by atoms with E-state index < -0.39 is 11.9 Å². The topological polar surface area (TPSA) is 84.0 Å². The maximum atomic E-state index is 12.3. The lowest BCUT2D eigenvalue weighted by Crippen LogP contribution is -2.18. The van der Waals surface area contributed by atoms with Crippen LogP contribution in [0.15, 0.2) is 48.5 Å². The molecule has 0 bridgehead atoms. The van der Waals surface area contributed by atoms with Crippen LogP contribution in [0.5, 0.6) is 11.5 Å². The van der Waals surface area contributed by atoms with E-state index in [1.807, 2.05) is 31.2 Å². The Morgan fingerprint density at radius 3 is 2.38 bits per heavy atom. The monoisotopic (exact) mass is 395 g/mol. The molecule has 29 heavy (non-hydrogen) atoms. The number of nitrogens with zero attached hydrogens (tertiary/aromatic N) is 1. The van der Waals surface area contributed by atoms with Crippen LogP contribution in [0.3, 0.4) is 0 Å². The van der Waals surface area contributed by atoms with Gasteiger partial charge in [-0.3, -0.25) is 0 Å². The molecule has 0 fully saturated rings. The number of benzene rings is 2. The molecule has 0 aliphatic carbocycles. The quantitative estimate of drug-likeness (QED) is 0.567. The molecule has 0 atom stereocenters. The first-order valence-corrected chi connectivity index (χ1v) is 8.93. The molecule has 0 saturated heterocycles. The number of aryl methyl sites for hydroxylation is 1. The van der Waals surface area contributed by atoms with Crippen molar-refractivity contribution in [2.24, 2.45) is 0 Å². The molecule has 3 aromatic rings. The van der Waals surface area contributed by atoms with Gasteiger partial charge in [-0.1, -0.05) is 30.3 Å². The highest BCUT2D eigenvalue weighted by Gasteiger charge is 2.20. The van der Waals surface area contributed by atoms with Crippen LogP contribution in [0.1, 0.15) is 21.6 Å². The van der Waals surface area contributed by atoms with Crippen molar-refractivity contribution in [3.8, 4) is 11.5 Å². The number of hydrogen-bond acceptors (Lipinski definition) is 7. The molecule has 7 nitrogen and oxygen atoms in total. The van der Waals surface area contributed by atoms with E-state index in [9.17, 15) is 9.59 Å². The first-order valence-electron chi connectivity index (χ1n) is 8.93. The van der Waals surface area contributed by atoms with Gasteiger partial charge >= 0.3 is 11.9 Å². The van der Waals surface area contributed by atoms with Crippen LogP contribution < -0.4 is 9.47 Å². The fraction of sp³-hybridized carbons (Fsp3) is 0.227. The average Bonchev–Trinajstić information content (AvgIpc) is 2.76. The van der Waals surface area contributed by atoms with E-state index in [0.29, 0.717) is 28.3 Å². The first-order chi connectivity index (χ1) is 14.0. The highest BCUT2D eigenvalue weighted by molar-refractivity contribution is 5.98. The van der Waals surface area contributed by atoms with E-state index in [1.54, 1.807) is 24.3 Å². The molecule has 150 valence electrons. The fourth-order valence-corrected chi connectivity index (χ4v) is 2.98. The number of ether oxygens (including phenoxy) is 4. The SMILES string of the molecule is COC(=O)c1c(COC(=O)COc2ccccc2OC)nc2ccccc2c1C. The van der Waals surface area contributed by atoms with Gasteiger partial charge < -0.3 is 18.9 Å². The Hall–Kier alpha value is -3.61. The number of fused-ring (bicyclic) bond motifs is 1. The minimum atomic E-state index is -0.598. The minimum Gasteiger partial charge on any atom is -0.493 e. The van der Waals surface area contributed by atoms with Gasteiger partial charge in [0.05, 0.1) is 31.0 Å². The van der Waals surface area contributed by atoms with Gasteiger partial charge in [-0.2, -0.15) is 0 Å². The normalized spacial score (nSPS) is 10.4. The second kappa shape index (κ2) is 9.05. The fourth-order valence-electron chi connectivity index (χ4n) is 2.98. The minimum absolute atomic E-state index is 0.176. The highest BCUT2D eigenvalue weighted by Crippen LogP contribution is 2.26. The second-order valence-electron chi connectivity index (χ2n) is 6.17. The molecule has 0 aliphatic heterocycles. The number of para-hydroxylation sites is 3. The van der Waals surface area contributed by atoms with Crippen LogP contribution in [0.25, 0.3) is 10.9 Å². The Kier molecular flexibility index (Phi) is 6.29. The average molecular weight is 395 g/mol. The van der Waals surface area contributed by atoms with E-state index in [2.05, 4.69) is 4.98 Å². The van der Waals surface area contributed by atoms with Crippen molar-refractivity contribution in [3.63, 3.8) is 0 Å². The molecule has 0 saturated carbocycles. The van der Waals surface area contributed by atoms with Crippen molar-refractivity contribution >= 4 is 22.8 Å². The summed E-state index contributed by atoms with van der Waals surface area (Å²) < 4.78 is 20.8. The smallest absolute Gasteiger partial charge is 0.344 e. The third-order valence-corrected chi connectivity index (χ3v) is 4.40. The van der Waals surface area contributed by atoms with Crippen LogP contribution >= 0.6 is 0 Å². The molecule has 0 aliphatic rings. The Morgan fingerprint density at radius 1 is 0.966 bits per heavy atom. The lowest BCUT2D eigenvalue weighted by atomic mass is 10.0. The van der Waals surface area contributed by atoms with Gasteiger partial charge in [0.15, 0.2) is 18.1 Å². The summed E-state index contributed by atoms with van der Waals surface area (Å²) in [6.07, 6.45) is 0. The zero-order valence-electron chi connectivity index (χ0n) is 16.4. The lowest BCUT2D eigenvalue weighted by molar-refractivity contribution is -0.147. The molecular formula is C22H21NO6. The number of hydrogen-bond donors (Lipinski definition) is 0. The molecule has 7 heteroatoms. The van der Waals surface area contributed by atoms with Crippen LogP contribution in [-0.4, -0.2) is 37.7 Å². The van der Waals surface area contributed by atoms with E-state index >= 15 is 0 Å². The molecule has 0 spiro atoms. The molecule has 0 unspecified atom stereocenters. The number of pyridine rings is 1. The summed E-state index contributed by atoms with van der Waals surface area (Å²) in [5, 5.41) is 0.836.